The van der Waals surface area contributed by atoms with E-state index in [9.17, 15) is 14.4 Å². The maximum absolute atomic E-state index is 11.7. The van der Waals surface area contributed by atoms with Gasteiger partial charge in [-0.3, -0.25) is 19.3 Å². The van der Waals surface area contributed by atoms with Crippen LogP contribution in [0.1, 0.15) is 26.2 Å². The van der Waals surface area contributed by atoms with Crippen LogP contribution in [0, 0.1) is 0 Å². The van der Waals surface area contributed by atoms with E-state index in [0.29, 0.717) is 46.2 Å². The van der Waals surface area contributed by atoms with E-state index in [1.807, 2.05) is 21.6 Å². The van der Waals surface area contributed by atoms with E-state index in [1.165, 1.54) is 12.2 Å². The lowest BCUT2D eigenvalue weighted by atomic mass is 10.5. The number of nitrogens with one attached hydrogen (secondary N) is 1. The molecule has 0 aromatic heterocycles. The molecule has 3 amide bonds. The molecule has 0 atom stereocenters. The third-order valence-electron chi connectivity index (χ3n) is 4.37. The molecule has 35 heavy (non-hydrogen) atoms. The van der Waals surface area contributed by atoms with Crippen LogP contribution in [0.3, 0.4) is 0 Å². The molecule has 202 valence electrons. The molecule has 1 rings (SSSR count). The molecule has 0 spiro atoms. The molecule has 1 heterocycles. The van der Waals surface area contributed by atoms with Crippen LogP contribution >= 0.6 is 21.6 Å². The molecule has 0 saturated heterocycles. The molecule has 0 radical (unpaired) electrons. The maximum Gasteiger partial charge on any atom is 0.253 e. The van der Waals surface area contributed by atoms with Gasteiger partial charge in [0.15, 0.2) is 0 Å². The highest BCUT2D eigenvalue weighted by Gasteiger charge is 2.22. The van der Waals surface area contributed by atoms with Crippen molar-refractivity contribution in [2.24, 2.45) is 0 Å². The topological polar surface area (TPSA) is 113 Å². The molecule has 0 aliphatic carbocycles. The summed E-state index contributed by atoms with van der Waals surface area (Å²) in [6, 6.07) is 0. The molecule has 12 heteroatoms. The van der Waals surface area contributed by atoms with E-state index in [2.05, 4.69) is 12.2 Å². The third kappa shape index (κ3) is 18.7. The normalized spacial score (nSPS) is 13.2. The predicted octanol–water partition coefficient (Wildman–Crippen LogP) is 1.68. The van der Waals surface area contributed by atoms with Crippen molar-refractivity contribution in [3.05, 3.63) is 12.2 Å². The summed E-state index contributed by atoms with van der Waals surface area (Å²) in [4.78, 5) is 35.5. The van der Waals surface area contributed by atoms with E-state index in [1.54, 1.807) is 0 Å². The van der Waals surface area contributed by atoms with Gasteiger partial charge >= 0.3 is 0 Å². The first-order valence-electron chi connectivity index (χ1n) is 12.1. The van der Waals surface area contributed by atoms with Crippen LogP contribution in [0.2, 0.25) is 0 Å². The summed E-state index contributed by atoms with van der Waals surface area (Å²) in [5.74, 6) is 1.09. The van der Waals surface area contributed by atoms with E-state index in [4.69, 9.17) is 23.7 Å². The number of rotatable bonds is 25. The Labute approximate surface area is 216 Å². The van der Waals surface area contributed by atoms with Crippen molar-refractivity contribution in [2.45, 2.75) is 26.2 Å². The summed E-state index contributed by atoms with van der Waals surface area (Å²) in [5, 5.41) is 2.60. The average molecular weight is 537 g/mol. The van der Waals surface area contributed by atoms with Gasteiger partial charge in [0, 0.05) is 56.6 Å². The van der Waals surface area contributed by atoms with Gasteiger partial charge in [0.2, 0.25) is 5.91 Å². The Morgan fingerprint density at radius 1 is 0.771 bits per heavy atom. The van der Waals surface area contributed by atoms with Gasteiger partial charge in [-0.1, -0.05) is 28.5 Å². The standard InChI is InChI=1S/C23H40N2O8S2/c1-2-9-29-12-13-30-10-3-18-34-35-19-4-11-31-14-15-32-16-17-33-20-21(26)24-7-8-25-22(27)5-6-23(25)28/h5-6H,2-4,7-20H2,1H3,(H,24,26). The highest BCUT2D eigenvalue weighted by molar-refractivity contribution is 8.76. The van der Waals surface area contributed by atoms with E-state index < -0.39 is 0 Å². The van der Waals surface area contributed by atoms with Crippen LogP contribution in [0.15, 0.2) is 12.2 Å². The van der Waals surface area contributed by atoms with Gasteiger partial charge in [0.1, 0.15) is 6.61 Å². The molecular weight excluding hydrogens is 496 g/mol. The number of ether oxygens (including phenoxy) is 5. The number of amides is 3. The van der Waals surface area contributed by atoms with Crippen LogP contribution < -0.4 is 5.32 Å². The first-order chi connectivity index (χ1) is 17.1. The molecule has 0 fully saturated rings. The fourth-order valence-corrected chi connectivity index (χ4v) is 4.76. The number of nitrogens with zero attached hydrogens (tertiary/aromatic N) is 1. The quantitative estimate of drug-likeness (QED) is 0.105. The highest BCUT2D eigenvalue weighted by Crippen LogP contribution is 2.22. The van der Waals surface area contributed by atoms with Gasteiger partial charge in [0.25, 0.3) is 11.8 Å². The minimum atomic E-state index is -0.364. The molecule has 1 N–H and O–H groups in total. The highest BCUT2D eigenvalue weighted by atomic mass is 33.1. The van der Waals surface area contributed by atoms with Gasteiger partial charge in [0.05, 0.1) is 39.6 Å². The second kappa shape index (κ2) is 23.3. The lowest BCUT2D eigenvalue weighted by Gasteiger charge is -2.14. The second-order valence-corrected chi connectivity index (χ2v) is 10.1. The van der Waals surface area contributed by atoms with Crippen molar-refractivity contribution in [1.29, 1.82) is 0 Å². The summed E-state index contributed by atoms with van der Waals surface area (Å²) in [7, 11) is 3.73. The zero-order valence-corrected chi connectivity index (χ0v) is 22.3. The van der Waals surface area contributed by atoms with E-state index in [0.717, 1.165) is 48.9 Å². The molecule has 0 bridgehead atoms. The van der Waals surface area contributed by atoms with Crippen LogP contribution in [-0.2, 0) is 38.1 Å². The predicted molar refractivity (Wildman–Crippen MR) is 137 cm³/mol. The Hall–Kier alpha value is -1.15. The van der Waals surface area contributed by atoms with Crippen molar-refractivity contribution in [3.63, 3.8) is 0 Å². The molecule has 1 aliphatic rings. The number of hydrogen-bond donors (Lipinski definition) is 1. The number of imide groups is 1. The summed E-state index contributed by atoms with van der Waals surface area (Å²) < 4.78 is 27.1. The zero-order valence-electron chi connectivity index (χ0n) is 20.7. The van der Waals surface area contributed by atoms with Crippen molar-refractivity contribution < 1.29 is 38.1 Å². The molecule has 1 aliphatic heterocycles. The third-order valence-corrected chi connectivity index (χ3v) is 6.95. The first-order valence-corrected chi connectivity index (χ1v) is 14.6. The summed E-state index contributed by atoms with van der Waals surface area (Å²) >= 11 is 0. The minimum Gasteiger partial charge on any atom is -0.379 e. The number of hydrogen-bond acceptors (Lipinski definition) is 10. The molecule has 0 aromatic carbocycles. The van der Waals surface area contributed by atoms with Crippen molar-refractivity contribution in [2.75, 3.05) is 90.7 Å². The largest absolute Gasteiger partial charge is 0.379 e. The monoisotopic (exact) mass is 536 g/mol. The van der Waals surface area contributed by atoms with Gasteiger partial charge < -0.3 is 29.0 Å². The minimum absolute atomic E-state index is 0.100. The van der Waals surface area contributed by atoms with Gasteiger partial charge in [-0.05, 0) is 19.3 Å². The molecule has 0 saturated carbocycles. The van der Waals surface area contributed by atoms with Crippen LogP contribution in [0.5, 0.6) is 0 Å². The Balaban J connectivity index is 1.72. The van der Waals surface area contributed by atoms with Crippen LogP contribution in [-0.4, -0.2) is 113 Å². The second-order valence-electron chi connectivity index (χ2n) is 7.36. The number of carbonyl (C=O) groups is 3. The van der Waals surface area contributed by atoms with Crippen molar-refractivity contribution in [1.82, 2.24) is 10.2 Å². The molecule has 10 nitrogen and oxygen atoms in total. The number of carbonyl (C=O) groups excluding carboxylic acids is 3. The molecular formula is C23H40N2O8S2. The van der Waals surface area contributed by atoms with E-state index in [-0.39, 0.29) is 37.4 Å². The summed E-state index contributed by atoms with van der Waals surface area (Å²) in [5.41, 5.74) is 0. The zero-order chi connectivity index (χ0) is 25.4. The van der Waals surface area contributed by atoms with Gasteiger partial charge in [-0.15, -0.1) is 0 Å². The smallest absolute Gasteiger partial charge is 0.253 e. The lowest BCUT2D eigenvalue weighted by molar-refractivity contribution is -0.137. The fraction of sp³-hybridized carbons (Fsp3) is 0.783. The Bertz CT molecular complexity index is 592. The Morgan fingerprint density at radius 3 is 1.80 bits per heavy atom. The average Bonchev–Trinajstić information content (AvgIpc) is 3.17. The van der Waals surface area contributed by atoms with Crippen LogP contribution in [0.25, 0.3) is 0 Å². The van der Waals surface area contributed by atoms with Crippen molar-refractivity contribution in [3.8, 4) is 0 Å². The molecule has 0 unspecified atom stereocenters. The van der Waals surface area contributed by atoms with Crippen molar-refractivity contribution >= 4 is 39.3 Å². The van der Waals surface area contributed by atoms with Gasteiger partial charge in [-0.2, -0.15) is 0 Å². The first kappa shape index (κ1) is 31.9. The van der Waals surface area contributed by atoms with Gasteiger partial charge in [-0.25, -0.2) is 0 Å². The summed E-state index contributed by atoms with van der Waals surface area (Å²) in [6.07, 6.45) is 5.52. The summed E-state index contributed by atoms with van der Waals surface area (Å²) in [6.45, 7) is 7.67. The maximum atomic E-state index is 11.7. The van der Waals surface area contributed by atoms with E-state index >= 15 is 0 Å². The Morgan fingerprint density at radius 2 is 1.26 bits per heavy atom. The Kier molecular flexibility index (Phi) is 21.2. The lowest BCUT2D eigenvalue weighted by Crippen LogP contribution is -2.39. The van der Waals surface area contributed by atoms with Crippen LogP contribution in [0.4, 0.5) is 0 Å². The fourth-order valence-electron chi connectivity index (χ4n) is 2.64. The SMILES string of the molecule is CCCOCCOCCCSSCCCOCCOCCOCC(=O)NCCN1C(=O)C=CC1=O. The molecule has 0 aromatic rings.